The van der Waals surface area contributed by atoms with Crippen LogP contribution in [0.2, 0.25) is 0 Å². The van der Waals surface area contributed by atoms with Gasteiger partial charge in [0.05, 0.1) is 6.42 Å². The van der Waals surface area contributed by atoms with Crippen LogP contribution in [0.1, 0.15) is 23.5 Å². The molecule has 2 aromatic carbocycles. The van der Waals surface area contributed by atoms with E-state index in [1.807, 2.05) is 54.6 Å². The summed E-state index contributed by atoms with van der Waals surface area (Å²) in [4.78, 5) is 23.9. The van der Waals surface area contributed by atoms with Crippen LogP contribution in [-0.4, -0.2) is 22.5 Å². The summed E-state index contributed by atoms with van der Waals surface area (Å²) in [5.41, 5.74) is 0.621. The molecule has 0 radical (unpaired) electrons. The highest BCUT2D eigenvalue weighted by Gasteiger charge is 2.62. The SMILES string of the molecule is O=C(Cc1ccc(Br)cc1)NC1(C(=O)O)CC1c1ccccc1. The van der Waals surface area contributed by atoms with Crippen molar-refractivity contribution in [2.45, 2.75) is 24.3 Å². The van der Waals surface area contributed by atoms with E-state index in [9.17, 15) is 14.7 Å². The number of benzene rings is 2. The highest BCUT2D eigenvalue weighted by atomic mass is 79.9. The van der Waals surface area contributed by atoms with Crippen LogP contribution < -0.4 is 5.32 Å². The molecule has 5 heteroatoms. The molecule has 0 heterocycles. The molecule has 2 unspecified atom stereocenters. The van der Waals surface area contributed by atoms with Crippen LogP contribution in [0.4, 0.5) is 0 Å². The monoisotopic (exact) mass is 373 g/mol. The molecule has 1 aliphatic rings. The largest absolute Gasteiger partial charge is 0.479 e. The van der Waals surface area contributed by atoms with E-state index < -0.39 is 11.5 Å². The number of nitrogens with one attached hydrogen (secondary N) is 1. The molecule has 0 aromatic heterocycles. The molecule has 2 aromatic rings. The summed E-state index contributed by atoms with van der Waals surface area (Å²) >= 11 is 3.35. The van der Waals surface area contributed by atoms with Crippen molar-refractivity contribution in [3.63, 3.8) is 0 Å². The summed E-state index contributed by atoms with van der Waals surface area (Å²) < 4.78 is 0.940. The van der Waals surface area contributed by atoms with Crippen LogP contribution in [-0.2, 0) is 16.0 Å². The molecular formula is C18H16BrNO3. The minimum absolute atomic E-state index is 0.170. The van der Waals surface area contributed by atoms with Gasteiger partial charge in [-0.05, 0) is 29.7 Å². The molecule has 1 amide bonds. The van der Waals surface area contributed by atoms with Gasteiger partial charge in [0.1, 0.15) is 5.54 Å². The number of halogens is 1. The van der Waals surface area contributed by atoms with E-state index in [-0.39, 0.29) is 18.2 Å². The molecule has 2 N–H and O–H groups in total. The predicted molar refractivity (Wildman–Crippen MR) is 90.2 cm³/mol. The molecule has 1 fully saturated rings. The van der Waals surface area contributed by atoms with E-state index >= 15 is 0 Å². The van der Waals surface area contributed by atoms with E-state index in [4.69, 9.17) is 0 Å². The molecule has 0 spiro atoms. The minimum atomic E-state index is -1.17. The zero-order chi connectivity index (χ0) is 16.4. The van der Waals surface area contributed by atoms with Crippen molar-refractivity contribution in [3.05, 3.63) is 70.2 Å². The highest BCUT2D eigenvalue weighted by molar-refractivity contribution is 9.10. The number of carboxylic acids is 1. The van der Waals surface area contributed by atoms with Gasteiger partial charge < -0.3 is 10.4 Å². The summed E-state index contributed by atoms with van der Waals surface area (Å²) in [6.07, 6.45) is 0.599. The molecular weight excluding hydrogens is 358 g/mol. The lowest BCUT2D eigenvalue weighted by atomic mass is 10.1. The fourth-order valence-corrected chi connectivity index (χ4v) is 3.12. The molecule has 1 aliphatic carbocycles. The Kier molecular flexibility index (Phi) is 4.22. The molecule has 118 valence electrons. The average Bonchev–Trinajstić information content (AvgIpc) is 3.26. The summed E-state index contributed by atoms with van der Waals surface area (Å²) in [5, 5.41) is 12.3. The maximum Gasteiger partial charge on any atom is 0.330 e. The van der Waals surface area contributed by atoms with E-state index in [0.717, 1.165) is 15.6 Å². The van der Waals surface area contributed by atoms with Crippen molar-refractivity contribution in [1.82, 2.24) is 5.32 Å². The fraction of sp³-hybridized carbons (Fsp3) is 0.222. The number of hydrogen-bond acceptors (Lipinski definition) is 2. The molecule has 1 saturated carbocycles. The van der Waals surface area contributed by atoms with Gasteiger partial charge in [0, 0.05) is 10.4 Å². The zero-order valence-corrected chi connectivity index (χ0v) is 13.9. The molecule has 4 nitrogen and oxygen atoms in total. The van der Waals surface area contributed by atoms with Gasteiger partial charge in [-0.15, -0.1) is 0 Å². The topological polar surface area (TPSA) is 66.4 Å². The highest BCUT2D eigenvalue weighted by Crippen LogP contribution is 2.51. The van der Waals surface area contributed by atoms with Gasteiger partial charge in [-0.1, -0.05) is 58.4 Å². The maximum atomic E-state index is 12.2. The Balaban J connectivity index is 1.70. The van der Waals surface area contributed by atoms with Crippen LogP contribution >= 0.6 is 15.9 Å². The zero-order valence-electron chi connectivity index (χ0n) is 12.3. The van der Waals surface area contributed by atoms with Crippen molar-refractivity contribution in [2.75, 3.05) is 0 Å². The number of hydrogen-bond donors (Lipinski definition) is 2. The molecule has 3 rings (SSSR count). The van der Waals surface area contributed by atoms with Gasteiger partial charge in [0.25, 0.3) is 0 Å². The number of carbonyl (C=O) groups is 2. The van der Waals surface area contributed by atoms with Gasteiger partial charge in [-0.2, -0.15) is 0 Å². The second kappa shape index (κ2) is 6.16. The minimum Gasteiger partial charge on any atom is -0.479 e. The third-order valence-corrected chi connectivity index (χ3v) is 4.71. The van der Waals surface area contributed by atoms with Crippen molar-refractivity contribution in [2.24, 2.45) is 0 Å². The first-order valence-electron chi connectivity index (χ1n) is 7.35. The molecule has 0 bridgehead atoms. The summed E-state index contributed by atoms with van der Waals surface area (Å²) in [6.45, 7) is 0. The van der Waals surface area contributed by atoms with E-state index in [1.165, 1.54) is 0 Å². The normalized spacial score (nSPS) is 22.4. The first-order valence-corrected chi connectivity index (χ1v) is 8.14. The van der Waals surface area contributed by atoms with Gasteiger partial charge in [-0.25, -0.2) is 4.79 Å². The standard InChI is InChI=1S/C18H16BrNO3/c19-14-8-6-12(7-9-14)10-16(21)20-18(17(22)23)11-15(18)13-4-2-1-3-5-13/h1-9,15H,10-11H2,(H,20,21)(H,22,23). The second-order valence-electron chi connectivity index (χ2n) is 5.80. The lowest BCUT2D eigenvalue weighted by Crippen LogP contribution is -2.45. The van der Waals surface area contributed by atoms with Crippen molar-refractivity contribution in [3.8, 4) is 0 Å². The number of rotatable bonds is 5. The summed E-state index contributed by atoms with van der Waals surface area (Å²) in [5.74, 6) is -1.42. The van der Waals surface area contributed by atoms with E-state index in [0.29, 0.717) is 6.42 Å². The summed E-state index contributed by atoms with van der Waals surface area (Å²) in [6, 6.07) is 16.9. The smallest absolute Gasteiger partial charge is 0.330 e. The molecule has 0 saturated heterocycles. The fourth-order valence-electron chi connectivity index (χ4n) is 2.86. The Morgan fingerprint density at radius 2 is 1.78 bits per heavy atom. The quantitative estimate of drug-likeness (QED) is 0.845. The van der Waals surface area contributed by atoms with Crippen molar-refractivity contribution in [1.29, 1.82) is 0 Å². The number of aliphatic carboxylic acids is 1. The predicted octanol–water partition coefficient (Wildman–Crippen LogP) is 3.12. The Morgan fingerprint density at radius 1 is 1.13 bits per heavy atom. The molecule has 23 heavy (non-hydrogen) atoms. The Labute approximate surface area is 142 Å². The van der Waals surface area contributed by atoms with Gasteiger partial charge in [0.15, 0.2) is 0 Å². The second-order valence-corrected chi connectivity index (χ2v) is 6.71. The van der Waals surface area contributed by atoms with E-state index in [1.54, 1.807) is 0 Å². The molecule has 0 aliphatic heterocycles. The Morgan fingerprint density at radius 3 is 2.39 bits per heavy atom. The first kappa shape index (κ1) is 15.7. The number of amides is 1. The number of carbonyl (C=O) groups excluding carboxylic acids is 1. The number of carboxylic acid groups (broad SMARTS) is 1. The van der Waals surface area contributed by atoms with Crippen LogP contribution in [0.15, 0.2) is 59.1 Å². The van der Waals surface area contributed by atoms with Crippen molar-refractivity contribution >= 4 is 27.8 Å². The Hall–Kier alpha value is -2.14. The van der Waals surface area contributed by atoms with Crippen LogP contribution in [0.25, 0.3) is 0 Å². The Bertz CT molecular complexity index is 730. The van der Waals surface area contributed by atoms with E-state index in [2.05, 4.69) is 21.2 Å². The van der Waals surface area contributed by atoms with Crippen LogP contribution in [0, 0.1) is 0 Å². The third kappa shape index (κ3) is 3.29. The van der Waals surface area contributed by atoms with Crippen molar-refractivity contribution < 1.29 is 14.7 Å². The van der Waals surface area contributed by atoms with Gasteiger partial charge in [0.2, 0.25) is 5.91 Å². The van der Waals surface area contributed by atoms with Gasteiger partial charge in [-0.3, -0.25) is 4.79 Å². The maximum absolute atomic E-state index is 12.2. The molecule has 2 atom stereocenters. The summed E-state index contributed by atoms with van der Waals surface area (Å²) in [7, 11) is 0. The lowest BCUT2D eigenvalue weighted by molar-refractivity contribution is -0.143. The van der Waals surface area contributed by atoms with Gasteiger partial charge >= 0.3 is 5.97 Å². The van der Waals surface area contributed by atoms with Crippen LogP contribution in [0.5, 0.6) is 0 Å². The first-order chi connectivity index (χ1) is 11.0. The third-order valence-electron chi connectivity index (χ3n) is 4.18. The lowest BCUT2D eigenvalue weighted by Gasteiger charge is -2.15. The average molecular weight is 374 g/mol. The van der Waals surface area contributed by atoms with Crippen LogP contribution in [0.3, 0.4) is 0 Å².